The minimum atomic E-state index is 0.522. The molecule has 0 heteroatoms. The molecule has 0 saturated carbocycles. The fourth-order valence-corrected chi connectivity index (χ4v) is 5.67. The molecule has 0 radical (unpaired) electrons. The third-order valence-corrected chi connectivity index (χ3v) is 9.08. The van der Waals surface area contributed by atoms with Gasteiger partial charge in [0.25, 0.3) is 0 Å². The van der Waals surface area contributed by atoms with Crippen molar-refractivity contribution in [2.75, 3.05) is 0 Å². The van der Waals surface area contributed by atoms with Gasteiger partial charge in [-0.3, -0.25) is 0 Å². The van der Waals surface area contributed by atoms with Crippen LogP contribution in [0.3, 0.4) is 0 Å². The van der Waals surface area contributed by atoms with Crippen molar-refractivity contribution in [1.82, 2.24) is 0 Å². The summed E-state index contributed by atoms with van der Waals surface area (Å²) in [4.78, 5) is 0. The van der Waals surface area contributed by atoms with Crippen molar-refractivity contribution in [2.24, 2.45) is 16.2 Å². The number of rotatable bonds is 26. The summed E-state index contributed by atoms with van der Waals surface area (Å²) in [5.41, 5.74) is 1.59. The molecule has 0 atom stereocenters. The van der Waals surface area contributed by atoms with Gasteiger partial charge in [0.05, 0.1) is 0 Å². The molecule has 0 aromatic carbocycles. The first-order valence-corrected chi connectivity index (χ1v) is 16.5. The van der Waals surface area contributed by atoms with Gasteiger partial charge in [-0.25, -0.2) is 0 Å². The van der Waals surface area contributed by atoms with E-state index in [1.807, 2.05) is 0 Å². The average Bonchev–Trinajstić information content (AvgIpc) is 2.78. The second-order valence-corrected chi connectivity index (χ2v) is 14.6. The highest BCUT2D eigenvalue weighted by molar-refractivity contribution is 4.75. The highest BCUT2D eigenvalue weighted by Crippen LogP contribution is 2.37. The Balaban J connectivity index is 3.58. The van der Waals surface area contributed by atoms with Gasteiger partial charge in [0.2, 0.25) is 0 Å². The normalized spacial score (nSPS) is 13.0. The van der Waals surface area contributed by atoms with Crippen LogP contribution in [-0.2, 0) is 0 Å². The maximum absolute atomic E-state index is 2.52. The summed E-state index contributed by atoms with van der Waals surface area (Å²) in [6.45, 7) is 19.6. The first-order valence-electron chi connectivity index (χ1n) is 16.5. The molecule has 0 spiro atoms. The van der Waals surface area contributed by atoms with E-state index in [0.717, 1.165) is 0 Å². The Morgan fingerprint density at radius 1 is 0.286 bits per heavy atom. The van der Waals surface area contributed by atoms with Crippen LogP contribution in [0.2, 0.25) is 0 Å². The first-order chi connectivity index (χ1) is 16.5. The van der Waals surface area contributed by atoms with Gasteiger partial charge < -0.3 is 0 Å². The van der Waals surface area contributed by atoms with Crippen molar-refractivity contribution in [1.29, 1.82) is 0 Å². The van der Waals surface area contributed by atoms with E-state index in [1.54, 1.807) is 0 Å². The molecule has 0 N–H and O–H groups in total. The summed E-state index contributed by atoms with van der Waals surface area (Å²) < 4.78 is 0. The standard InChI is InChI=1S/C35H72/c1-9-11-12-13-14-15-16-17-18-19-20-21-22-23-24-25-28-34(5,6)31-27-32-35(7,8)30-26-29-33(3,4)10-2/h9-32H2,1-8H3. The van der Waals surface area contributed by atoms with Crippen molar-refractivity contribution < 1.29 is 0 Å². The molecule has 0 aliphatic rings. The third-order valence-electron chi connectivity index (χ3n) is 9.08. The molecule has 0 nitrogen and oxygen atoms in total. The van der Waals surface area contributed by atoms with Crippen molar-refractivity contribution in [2.45, 2.75) is 209 Å². The van der Waals surface area contributed by atoms with E-state index < -0.39 is 0 Å². The molecule has 0 saturated heterocycles. The van der Waals surface area contributed by atoms with Gasteiger partial charge in [-0.05, 0) is 48.3 Å². The molecule has 35 heavy (non-hydrogen) atoms. The SMILES string of the molecule is CCCCCCCCCCCCCCCCCCC(C)(C)CCCC(C)(C)CCCC(C)(C)CC. The van der Waals surface area contributed by atoms with Crippen LogP contribution in [0.4, 0.5) is 0 Å². The maximum atomic E-state index is 2.52. The van der Waals surface area contributed by atoms with Crippen LogP contribution in [0.25, 0.3) is 0 Å². The third kappa shape index (κ3) is 24.1. The molecule has 0 bridgehead atoms. The van der Waals surface area contributed by atoms with Crippen LogP contribution in [0, 0.1) is 16.2 Å². The zero-order valence-corrected chi connectivity index (χ0v) is 26.5. The van der Waals surface area contributed by atoms with Gasteiger partial charge in [0, 0.05) is 0 Å². The second kappa shape index (κ2) is 21.0. The van der Waals surface area contributed by atoms with Gasteiger partial charge in [0.15, 0.2) is 0 Å². The molecule has 0 fully saturated rings. The van der Waals surface area contributed by atoms with E-state index in [2.05, 4.69) is 55.4 Å². The van der Waals surface area contributed by atoms with Crippen molar-refractivity contribution in [3.05, 3.63) is 0 Å². The smallest absolute Gasteiger partial charge is 0.0354 e. The van der Waals surface area contributed by atoms with Crippen molar-refractivity contribution in [3.8, 4) is 0 Å². The second-order valence-electron chi connectivity index (χ2n) is 14.6. The molecule has 0 aliphatic heterocycles. The Morgan fingerprint density at radius 2 is 0.543 bits per heavy atom. The highest BCUT2D eigenvalue weighted by Gasteiger charge is 2.23. The lowest BCUT2D eigenvalue weighted by atomic mass is 9.75. The number of hydrogen-bond donors (Lipinski definition) is 0. The monoisotopic (exact) mass is 493 g/mol. The predicted octanol–water partition coefficient (Wildman–Crippen LogP) is 13.5. The highest BCUT2D eigenvalue weighted by atomic mass is 14.3. The predicted molar refractivity (Wildman–Crippen MR) is 163 cm³/mol. The molecule has 0 aromatic rings. The van der Waals surface area contributed by atoms with Crippen molar-refractivity contribution >= 4 is 0 Å². The molecular weight excluding hydrogens is 420 g/mol. The summed E-state index contributed by atoms with van der Waals surface area (Å²) in [5, 5.41) is 0. The Hall–Kier alpha value is 0. The number of unbranched alkanes of at least 4 members (excludes halogenated alkanes) is 15. The van der Waals surface area contributed by atoms with E-state index in [-0.39, 0.29) is 0 Å². The lowest BCUT2D eigenvalue weighted by molar-refractivity contribution is 0.221. The molecular formula is C35H72. The quantitative estimate of drug-likeness (QED) is 0.105. The lowest BCUT2D eigenvalue weighted by Crippen LogP contribution is -2.17. The van der Waals surface area contributed by atoms with Crippen LogP contribution >= 0.6 is 0 Å². The van der Waals surface area contributed by atoms with E-state index in [4.69, 9.17) is 0 Å². The molecule has 0 aromatic heterocycles. The Labute approximate surface area is 225 Å². The van der Waals surface area contributed by atoms with Gasteiger partial charge in [0.1, 0.15) is 0 Å². The lowest BCUT2D eigenvalue weighted by Gasteiger charge is -2.30. The summed E-state index contributed by atoms with van der Waals surface area (Å²) in [6, 6.07) is 0. The van der Waals surface area contributed by atoms with E-state index in [1.165, 1.54) is 154 Å². The summed E-state index contributed by atoms with van der Waals surface area (Å²) >= 11 is 0. The van der Waals surface area contributed by atoms with E-state index in [0.29, 0.717) is 16.2 Å². The fraction of sp³-hybridized carbons (Fsp3) is 1.00. The molecule has 0 unspecified atom stereocenters. The van der Waals surface area contributed by atoms with Gasteiger partial charge in [-0.1, -0.05) is 177 Å². The minimum absolute atomic E-state index is 0.522. The van der Waals surface area contributed by atoms with Crippen LogP contribution in [0.5, 0.6) is 0 Å². The van der Waals surface area contributed by atoms with Gasteiger partial charge >= 0.3 is 0 Å². The van der Waals surface area contributed by atoms with Crippen LogP contribution in [0.1, 0.15) is 209 Å². The maximum Gasteiger partial charge on any atom is -0.0354 e. The Morgan fingerprint density at radius 3 is 0.857 bits per heavy atom. The van der Waals surface area contributed by atoms with E-state index >= 15 is 0 Å². The van der Waals surface area contributed by atoms with Crippen molar-refractivity contribution in [3.63, 3.8) is 0 Å². The average molecular weight is 493 g/mol. The largest absolute Gasteiger partial charge is 0.0654 e. The summed E-state index contributed by atoms with van der Waals surface area (Å²) in [7, 11) is 0. The molecule has 0 rings (SSSR count). The Bertz CT molecular complexity index is 441. The van der Waals surface area contributed by atoms with Gasteiger partial charge in [-0.15, -0.1) is 0 Å². The topological polar surface area (TPSA) is 0 Å². The molecule has 0 heterocycles. The molecule has 212 valence electrons. The zero-order valence-electron chi connectivity index (χ0n) is 26.5. The summed E-state index contributed by atoms with van der Waals surface area (Å²) in [6.07, 6.45) is 34.6. The first kappa shape index (κ1) is 35.0. The zero-order chi connectivity index (χ0) is 26.5. The van der Waals surface area contributed by atoms with Crippen LogP contribution < -0.4 is 0 Å². The number of hydrogen-bond acceptors (Lipinski definition) is 0. The van der Waals surface area contributed by atoms with Crippen LogP contribution in [0.15, 0.2) is 0 Å². The van der Waals surface area contributed by atoms with E-state index in [9.17, 15) is 0 Å². The summed E-state index contributed by atoms with van der Waals surface area (Å²) in [5.74, 6) is 0. The van der Waals surface area contributed by atoms with Gasteiger partial charge in [-0.2, -0.15) is 0 Å². The van der Waals surface area contributed by atoms with Crippen LogP contribution in [-0.4, -0.2) is 0 Å². The minimum Gasteiger partial charge on any atom is -0.0654 e. The Kier molecular flexibility index (Phi) is 21.0. The fourth-order valence-electron chi connectivity index (χ4n) is 5.67. The molecule has 0 aliphatic carbocycles. The molecule has 0 amide bonds.